The Morgan fingerprint density at radius 1 is 1.07 bits per heavy atom. The van der Waals surface area contributed by atoms with Gasteiger partial charge in [0.1, 0.15) is 5.76 Å². The summed E-state index contributed by atoms with van der Waals surface area (Å²) in [5.41, 5.74) is 0.733. The van der Waals surface area contributed by atoms with Crippen molar-refractivity contribution >= 4 is 35.2 Å². The van der Waals surface area contributed by atoms with Gasteiger partial charge in [-0.25, -0.2) is 0 Å². The lowest BCUT2D eigenvalue weighted by atomic mass is 10.2. The summed E-state index contributed by atoms with van der Waals surface area (Å²) in [6.07, 6.45) is 1.52. The molecule has 0 bridgehead atoms. The molecular weight excluding hydrogens is 392 g/mol. The number of amides is 2. The van der Waals surface area contributed by atoms with Crippen molar-refractivity contribution in [3.63, 3.8) is 0 Å². The van der Waals surface area contributed by atoms with Crippen molar-refractivity contribution < 1.29 is 18.4 Å². The van der Waals surface area contributed by atoms with Crippen LogP contribution in [0.1, 0.15) is 5.76 Å². The van der Waals surface area contributed by atoms with Crippen molar-refractivity contribution in [2.75, 3.05) is 12.3 Å². The Kier molecular flexibility index (Phi) is 6.50. The number of rotatable bonds is 8. The van der Waals surface area contributed by atoms with E-state index < -0.39 is 0 Å². The molecule has 0 saturated carbocycles. The van der Waals surface area contributed by atoms with Crippen LogP contribution < -0.4 is 10.6 Å². The zero-order valence-corrected chi connectivity index (χ0v) is 15.5. The number of hydrogen-bond acceptors (Lipinski definition) is 7. The zero-order chi connectivity index (χ0) is 19.1. The first kappa shape index (κ1) is 19.0. The monoisotopic (exact) mass is 406 g/mol. The smallest absolute Gasteiger partial charge is 0.277 e. The maximum Gasteiger partial charge on any atom is 0.277 e. The molecule has 3 rings (SSSR count). The third kappa shape index (κ3) is 5.87. The minimum atomic E-state index is -0.320. The van der Waals surface area contributed by atoms with Crippen LogP contribution in [0.25, 0.3) is 11.5 Å². The highest BCUT2D eigenvalue weighted by molar-refractivity contribution is 7.99. The van der Waals surface area contributed by atoms with Gasteiger partial charge < -0.3 is 19.5 Å². The van der Waals surface area contributed by atoms with Crippen LogP contribution in [0.5, 0.6) is 0 Å². The second-order valence-electron chi connectivity index (χ2n) is 5.30. The molecule has 8 nitrogen and oxygen atoms in total. The average molecular weight is 407 g/mol. The summed E-state index contributed by atoms with van der Waals surface area (Å²) >= 11 is 6.92. The Balaban J connectivity index is 1.39. The van der Waals surface area contributed by atoms with E-state index in [1.54, 1.807) is 36.4 Å². The predicted molar refractivity (Wildman–Crippen MR) is 99.0 cm³/mol. The van der Waals surface area contributed by atoms with E-state index in [0.29, 0.717) is 16.7 Å². The summed E-state index contributed by atoms with van der Waals surface area (Å²) in [6, 6.07) is 10.4. The number of nitrogens with one attached hydrogen (secondary N) is 2. The van der Waals surface area contributed by atoms with Crippen molar-refractivity contribution in [2.45, 2.75) is 11.8 Å². The summed E-state index contributed by atoms with van der Waals surface area (Å²) in [6.45, 7) is 0.145. The number of halogens is 1. The van der Waals surface area contributed by atoms with Gasteiger partial charge in [-0.3, -0.25) is 9.59 Å². The molecule has 0 unspecified atom stereocenters. The molecule has 0 spiro atoms. The predicted octanol–water partition coefficient (Wildman–Crippen LogP) is 2.51. The summed E-state index contributed by atoms with van der Waals surface area (Å²) < 4.78 is 10.6. The minimum absolute atomic E-state index is 0.0493. The van der Waals surface area contributed by atoms with Crippen molar-refractivity contribution in [1.29, 1.82) is 0 Å². The van der Waals surface area contributed by atoms with Gasteiger partial charge in [0.2, 0.25) is 17.7 Å². The molecule has 0 radical (unpaired) electrons. The maximum atomic E-state index is 11.8. The second kappa shape index (κ2) is 9.24. The van der Waals surface area contributed by atoms with Crippen molar-refractivity contribution in [3.8, 4) is 11.5 Å². The number of aromatic nitrogens is 2. The van der Waals surface area contributed by atoms with Crippen LogP contribution in [0.4, 0.5) is 0 Å². The zero-order valence-electron chi connectivity index (χ0n) is 14.0. The quantitative estimate of drug-likeness (QED) is 0.553. The summed E-state index contributed by atoms with van der Waals surface area (Å²) in [5, 5.41) is 13.8. The molecule has 0 aliphatic carbocycles. The van der Waals surface area contributed by atoms with Crippen LogP contribution in [0.15, 0.2) is 56.7 Å². The first-order chi connectivity index (χ1) is 13.1. The molecule has 2 amide bonds. The Morgan fingerprint density at radius 3 is 2.63 bits per heavy atom. The minimum Gasteiger partial charge on any atom is -0.467 e. The topological polar surface area (TPSA) is 110 Å². The standard InChI is InChI=1S/C17H15ClN4O4S/c18-12-5-3-11(4-6-12)16-21-22-17(26-16)27-10-15(24)20-9-14(23)19-8-13-2-1-7-25-13/h1-7H,8-10H2,(H,19,23)(H,20,24). The number of carbonyl (C=O) groups is 2. The van der Waals surface area contributed by atoms with Gasteiger partial charge >= 0.3 is 0 Å². The number of hydrogen-bond donors (Lipinski definition) is 2. The van der Waals surface area contributed by atoms with Gasteiger partial charge in [0.05, 0.1) is 25.1 Å². The fourth-order valence-corrected chi connectivity index (χ4v) is 2.71. The van der Waals surface area contributed by atoms with E-state index in [9.17, 15) is 9.59 Å². The first-order valence-electron chi connectivity index (χ1n) is 7.88. The number of benzene rings is 1. The van der Waals surface area contributed by atoms with Crippen LogP contribution in [-0.2, 0) is 16.1 Å². The number of thioether (sulfide) groups is 1. The van der Waals surface area contributed by atoms with Gasteiger partial charge in [-0.1, -0.05) is 23.4 Å². The molecule has 2 N–H and O–H groups in total. The van der Waals surface area contributed by atoms with E-state index in [0.717, 1.165) is 17.3 Å². The van der Waals surface area contributed by atoms with E-state index in [1.807, 2.05) is 0 Å². The Labute approximate surface area is 163 Å². The highest BCUT2D eigenvalue weighted by Gasteiger charge is 2.12. The molecule has 3 aromatic rings. The molecule has 2 heterocycles. The summed E-state index contributed by atoms with van der Waals surface area (Å²) in [5.74, 6) is 0.394. The van der Waals surface area contributed by atoms with E-state index in [2.05, 4.69) is 20.8 Å². The first-order valence-corrected chi connectivity index (χ1v) is 9.24. The van der Waals surface area contributed by atoms with E-state index in [4.69, 9.17) is 20.4 Å². The van der Waals surface area contributed by atoms with E-state index in [1.165, 1.54) is 6.26 Å². The number of nitrogens with zero attached hydrogens (tertiary/aromatic N) is 2. The van der Waals surface area contributed by atoms with Crippen LogP contribution in [-0.4, -0.2) is 34.3 Å². The molecular formula is C17H15ClN4O4S. The van der Waals surface area contributed by atoms with Gasteiger partial charge in [0, 0.05) is 10.6 Å². The number of carbonyl (C=O) groups excluding carboxylic acids is 2. The lowest BCUT2D eigenvalue weighted by molar-refractivity contribution is -0.124. The van der Waals surface area contributed by atoms with E-state index >= 15 is 0 Å². The summed E-state index contributed by atoms with van der Waals surface area (Å²) in [4.78, 5) is 23.5. The average Bonchev–Trinajstić information content (AvgIpc) is 3.35. The molecule has 1 aromatic carbocycles. The SMILES string of the molecule is O=C(CNC(=O)CSc1nnc(-c2ccc(Cl)cc2)o1)NCc1ccco1. The highest BCUT2D eigenvalue weighted by Crippen LogP contribution is 2.24. The Hall–Kier alpha value is -2.78. The Morgan fingerprint density at radius 2 is 1.89 bits per heavy atom. The van der Waals surface area contributed by atoms with Crippen LogP contribution >= 0.6 is 23.4 Å². The second-order valence-corrected chi connectivity index (χ2v) is 6.66. The largest absolute Gasteiger partial charge is 0.467 e. The lowest BCUT2D eigenvalue weighted by Crippen LogP contribution is -2.37. The van der Waals surface area contributed by atoms with Crippen molar-refractivity contribution in [1.82, 2.24) is 20.8 Å². The number of furan rings is 1. The van der Waals surface area contributed by atoms with Crippen molar-refractivity contribution in [2.24, 2.45) is 0 Å². The molecule has 27 heavy (non-hydrogen) atoms. The van der Waals surface area contributed by atoms with Crippen LogP contribution in [0, 0.1) is 0 Å². The maximum absolute atomic E-state index is 11.8. The van der Waals surface area contributed by atoms with Gasteiger partial charge in [-0.2, -0.15) is 0 Å². The lowest BCUT2D eigenvalue weighted by Gasteiger charge is -2.05. The fourth-order valence-electron chi connectivity index (χ4n) is 2.00. The van der Waals surface area contributed by atoms with Gasteiger partial charge in [0.15, 0.2) is 0 Å². The molecule has 0 aliphatic heterocycles. The molecule has 0 fully saturated rings. The van der Waals surface area contributed by atoms with Crippen LogP contribution in [0.3, 0.4) is 0 Å². The fraction of sp³-hybridized carbons (Fsp3) is 0.176. The van der Waals surface area contributed by atoms with Crippen molar-refractivity contribution in [3.05, 3.63) is 53.4 Å². The van der Waals surface area contributed by atoms with Crippen LogP contribution in [0.2, 0.25) is 5.02 Å². The molecule has 140 valence electrons. The van der Waals surface area contributed by atoms with Gasteiger partial charge in [-0.15, -0.1) is 10.2 Å². The van der Waals surface area contributed by atoms with E-state index in [-0.39, 0.29) is 35.9 Å². The third-order valence-electron chi connectivity index (χ3n) is 3.31. The Bertz CT molecular complexity index is 896. The highest BCUT2D eigenvalue weighted by atomic mass is 35.5. The molecule has 10 heteroatoms. The molecule has 0 saturated heterocycles. The van der Waals surface area contributed by atoms with Gasteiger partial charge in [0.25, 0.3) is 5.22 Å². The molecule has 0 atom stereocenters. The third-order valence-corrected chi connectivity index (χ3v) is 4.38. The van der Waals surface area contributed by atoms with Gasteiger partial charge in [-0.05, 0) is 36.4 Å². The normalized spacial score (nSPS) is 10.6. The summed E-state index contributed by atoms with van der Waals surface area (Å²) in [7, 11) is 0. The molecule has 2 aromatic heterocycles. The molecule has 0 aliphatic rings.